The fourth-order valence-corrected chi connectivity index (χ4v) is 6.93. The van der Waals surface area contributed by atoms with Gasteiger partial charge in [-0.3, -0.25) is 4.79 Å². The van der Waals surface area contributed by atoms with Gasteiger partial charge in [-0.1, -0.05) is 26.0 Å². The first-order valence-corrected chi connectivity index (χ1v) is 14.3. The highest BCUT2D eigenvalue weighted by Crippen LogP contribution is 2.58. The van der Waals surface area contributed by atoms with Crippen molar-refractivity contribution in [1.82, 2.24) is 9.38 Å². The number of halogens is 3. The number of Topliss-reactive ketones (excluding diaryl/α,β-unsaturated/α-hetero) is 1. The molecule has 0 bridgehead atoms. The van der Waals surface area contributed by atoms with Gasteiger partial charge in [0, 0.05) is 41.2 Å². The number of anilines is 1. The highest BCUT2D eigenvalue weighted by molar-refractivity contribution is 6.05. The number of nitrogens with two attached hydrogens (primary N) is 1. The average Bonchev–Trinajstić information content (AvgIpc) is 3.83. The number of fused-ring (bicyclic) bond motifs is 2. The summed E-state index contributed by atoms with van der Waals surface area (Å²) in [6, 6.07) is 10.2. The third-order valence-electron chi connectivity index (χ3n) is 9.07. The number of aryl methyl sites for hydroxylation is 1. The lowest BCUT2D eigenvalue weighted by atomic mass is 9.77. The van der Waals surface area contributed by atoms with Gasteiger partial charge in [0.25, 0.3) is 0 Å². The van der Waals surface area contributed by atoms with Gasteiger partial charge in [0.15, 0.2) is 5.78 Å². The smallest absolute Gasteiger partial charge is 0.405 e. The molecule has 2 N–H and O–H groups in total. The summed E-state index contributed by atoms with van der Waals surface area (Å²) in [6.07, 6.45) is 3.13. The zero-order valence-corrected chi connectivity index (χ0v) is 23.4. The molecule has 0 amide bonds. The fourth-order valence-electron chi connectivity index (χ4n) is 6.93. The van der Waals surface area contributed by atoms with E-state index in [2.05, 4.69) is 40.6 Å². The SMILES string of the molecule is CC[C@@]12C(C[C@H](OCC(C(=O)C3CC3)=C(N)c3ccccc3OC(F)(F)F)C[C@@H]1C)N2c1ccn2cc(C)nc2c1. The number of aromatic nitrogens is 2. The molecule has 10 heteroatoms. The first kappa shape index (κ1) is 27.6. The molecule has 4 atom stereocenters. The lowest BCUT2D eigenvalue weighted by Crippen LogP contribution is -2.37. The number of ketones is 1. The standard InChI is InChI=1S/C31H35F3N4O3/c1-4-30-18(2)13-22(15-26(30)38(30)21-11-12-37-16-19(3)36-27(37)14-21)40-17-24(29(39)20-9-10-20)28(35)23-7-5-6-8-25(23)41-31(32,33)34/h5-8,11-12,14,16,18,20,22,26H,4,9-10,13,15,17,35H2,1-3H3/t18-,22+,26?,30-,38?/m0/s1. The van der Waals surface area contributed by atoms with Crippen LogP contribution in [0.15, 0.2) is 54.4 Å². The number of para-hydroxylation sites is 1. The van der Waals surface area contributed by atoms with Gasteiger partial charge in [-0.2, -0.15) is 0 Å². The minimum absolute atomic E-state index is 0.0233. The Kier molecular flexibility index (Phi) is 6.79. The summed E-state index contributed by atoms with van der Waals surface area (Å²) < 4.78 is 51.8. The highest BCUT2D eigenvalue weighted by atomic mass is 19.4. The van der Waals surface area contributed by atoms with Gasteiger partial charge in [-0.25, -0.2) is 4.98 Å². The number of hydrogen-bond acceptors (Lipinski definition) is 6. The third kappa shape index (κ3) is 5.07. The molecule has 3 aromatic rings. The van der Waals surface area contributed by atoms with Gasteiger partial charge in [0.05, 0.1) is 35.7 Å². The molecule has 1 unspecified atom stereocenters. The molecular formula is C31H35F3N4O3. The fraction of sp³-hybridized carbons (Fsp3) is 0.484. The Balaban J connectivity index is 1.23. The number of ether oxygens (including phenoxy) is 2. The van der Waals surface area contributed by atoms with Gasteiger partial charge >= 0.3 is 6.36 Å². The molecule has 0 spiro atoms. The van der Waals surface area contributed by atoms with Crippen LogP contribution in [-0.2, 0) is 9.53 Å². The molecule has 0 radical (unpaired) electrons. The molecule has 3 fully saturated rings. The van der Waals surface area contributed by atoms with Crippen LogP contribution in [0, 0.1) is 18.8 Å². The number of rotatable bonds is 9. The van der Waals surface area contributed by atoms with Crippen LogP contribution in [0.2, 0.25) is 0 Å². The van der Waals surface area contributed by atoms with E-state index in [-0.39, 0.29) is 52.8 Å². The number of carbonyl (C=O) groups is 1. The van der Waals surface area contributed by atoms with E-state index >= 15 is 0 Å². The van der Waals surface area contributed by atoms with E-state index in [9.17, 15) is 18.0 Å². The predicted octanol–water partition coefficient (Wildman–Crippen LogP) is 6.04. The van der Waals surface area contributed by atoms with Crippen molar-refractivity contribution in [1.29, 1.82) is 0 Å². The lowest BCUT2D eigenvalue weighted by Gasteiger charge is -2.32. The Morgan fingerprint density at radius 2 is 1.95 bits per heavy atom. The summed E-state index contributed by atoms with van der Waals surface area (Å²) >= 11 is 0. The molecule has 3 heterocycles. The van der Waals surface area contributed by atoms with Crippen LogP contribution in [0.25, 0.3) is 11.3 Å². The number of nitrogens with zero attached hydrogens (tertiary/aromatic N) is 3. The van der Waals surface area contributed by atoms with E-state index in [1.165, 1.54) is 18.2 Å². The van der Waals surface area contributed by atoms with E-state index in [1.807, 2.05) is 23.7 Å². The summed E-state index contributed by atoms with van der Waals surface area (Å²) in [6.45, 7) is 6.39. The summed E-state index contributed by atoms with van der Waals surface area (Å²) in [5, 5.41) is 0. The van der Waals surface area contributed by atoms with Crippen LogP contribution in [-0.4, -0.2) is 45.8 Å². The Hall–Kier alpha value is -3.53. The van der Waals surface area contributed by atoms with Crippen LogP contribution in [0.5, 0.6) is 5.75 Å². The van der Waals surface area contributed by atoms with Gasteiger partial charge in [0.1, 0.15) is 11.4 Å². The minimum atomic E-state index is -4.88. The monoisotopic (exact) mass is 568 g/mol. The van der Waals surface area contributed by atoms with E-state index < -0.39 is 12.1 Å². The summed E-state index contributed by atoms with van der Waals surface area (Å²) in [4.78, 5) is 20.4. The van der Waals surface area contributed by atoms with Crippen molar-refractivity contribution in [2.24, 2.45) is 17.6 Å². The summed E-state index contributed by atoms with van der Waals surface area (Å²) in [5.74, 6) is -0.428. The van der Waals surface area contributed by atoms with Crippen LogP contribution in [0.3, 0.4) is 0 Å². The number of hydrogen-bond donors (Lipinski definition) is 1. The summed E-state index contributed by atoms with van der Waals surface area (Å²) in [7, 11) is 0. The first-order chi connectivity index (χ1) is 19.5. The van der Waals surface area contributed by atoms with Gasteiger partial charge < -0.3 is 24.5 Å². The number of benzene rings is 1. The zero-order chi connectivity index (χ0) is 29.1. The van der Waals surface area contributed by atoms with Crippen molar-refractivity contribution in [3.05, 3.63) is 65.6 Å². The van der Waals surface area contributed by atoms with Crippen molar-refractivity contribution in [3.63, 3.8) is 0 Å². The van der Waals surface area contributed by atoms with E-state index in [1.54, 1.807) is 6.07 Å². The van der Waals surface area contributed by atoms with Crippen LogP contribution in [0.4, 0.5) is 18.9 Å². The van der Waals surface area contributed by atoms with E-state index in [4.69, 9.17) is 10.5 Å². The van der Waals surface area contributed by atoms with Crippen LogP contribution >= 0.6 is 0 Å². The molecule has 7 nitrogen and oxygen atoms in total. The van der Waals surface area contributed by atoms with Gasteiger partial charge in [0.2, 0.25) is 0 Å². The second kappa shape index (κ2) is 10.1. The quantitative estimate of drug-likeness (QED) is 0.250. The lowest BCUT2D eigenvalue weighted by molar-refractivity contribution is -0.274. The molecule has 218 valence electrons. The second-order valence-electron chi connectivity index (χ2n) is 11.6. The number of imidazole rings is 1. The number of pyridine rings is 1. The number of carbonyl (C=O) groups excluding carboxylic acids is 1. The highest BCUT2D eigenvalue weighted by Gasteiger charge is 2.66. The number of alkyl halides is 3. The maximum Gasteiger partial charge on any atom is 0.573 e. The molecule has 6 rings (SSSR count). The Morgan fingerprint density at radius 1 is 1.20 bits per heavy atom. The molecule has 2 saturated carbocycles. The normalized spacial score (nSPS) is 26.5. The van der Waals surface area contributed by atoms with Crippen molar-refractivity contribution in [3.8, 4) is 5.75 Å². The maximum absolute atomic E-state index is 13.3. The summed E-state index contributed by atoms with van der Waals surface area (Å²) in [5.41, 5.74) is 9.69. The van der Waals surface area contributed by atoms with E-state index in [0.29, 0.717) is 5.92 Å². The van der Waals surface area contributed by atoms with Gasteiger partial charge in [-0.05, 0) is 63.1 Å². The second-order valence-corrected chi connectivity index (χ2v) is 11.6. The largest absolute Gasteiger partial charge is 0.573 e. The van der Waals surface area contributed by atoms with Crippen molar-refractivity contribution in [2.45, 2.75) is 76.9 Å². The van der Waals surface area contributed by atoms with Crippen molar-refractivity contribution in [2.75, 3.05) is 11.5 Å². The zero-order valence-electron chi connectivity index (χ0n) is 23.4. The Morgan fingerprint density at radius 3 is 2.66 bits per heavy atom. The molecule has 3 aliphatic rings. The molecule has 1 saturated heterocycles. The van der Waals surface area contributed by atoms with E-state index in [0.717, 1.165) is 49.1 Å². The molecule has 1 aromatic carbocycles. The van der Waals surface area contributed by atoms with Gasteiger partial charge in [-0.15, -0.1) is 13.2 Å². The predicted molar refractivity (Wildman–Crippen MR) is 149 cm³/mol. The average molecular weight is 569 g/mol. The van der Waals surface area contributed by atoms with Crippen molar-refractivity contribution < 1.29 is 27.4 Å². The Labute approximate surface area is 237 Å². The Bertz CT molecular complexity index is 1510. The molecule has 1 aliphatic heterocycles. The third-order valence-corrected chi connectivity index (χ3v) is 9.07. The molecule has 2 aromatic heterocycles. The maximum atomic E-state index is 13.3. The van der Waals surface area contributed by atoms with Crippen LogP contribution in [0.1, 0.15) is 57.2 Å². The molecule has 2 aliphatic carbocycles. The van der Waals surface area contributed by atoms with Crippen molar-refractivity contribution >= 4 is 22.8 Å². The first-order valence-electron chi connectivity index (χ1n) is 14.3. The topological polar surface area (TPSA) is 81.9 Å². The molecular weight excluding hydrogens is 533 g/mol. The minimum Gasteiger partial charge on any atom is -0.405 e. The molecule has 41 heavy (non-hydrogen) atoms. The van der Waals surface area contributed by atoms with Crippen LogP contribution < -0.4 is 15.4 Å².